The van der Waals surface area contributed by atoms with Crippen molar-refractivity contribution in [1.82, 2.24) is 0 Å². The van der Waals surface area contributed by atoms with E-state index in [1.54, 1.807) is 6.20 Å². The fraction of sp³-hybridized carbons (Fsp3) is 0.0746. The maximum Gasteiger partial charge on any atom is 0.0468 e. The maximum atomic E-state index is 3.54. The van der Waals surface area contributed by atoms with Crippen LogP contribution < -0.4 is 10.2 Å². The topological polar surface area (TPSA) is 15.3 Å². The highest BCUT2D eigenvalue weighted by molar-refractivity contribution is 5.91. The molecule has 0 aromatic heterocycles. The molecule has 0 aliphatic carbocycles. The van der Waals surface area contributed by atoms with Gasteiger partial charge in [0, 0.05) is 22.7 Å². The van der Waals surface area contributed by atoms with Crippen molar-refractivity contribution in [2.24, 2.45) is 0 Å². The van der Waals surface area contributed by atoms with Gasteiger partial charge in [-0.05, 0) is 161 Å². The summed E-state index contributed by atoms with van der Waals surface area (Å²) >= 11 is 0. The fourth-order valence-electron chi connectivity index (χ4n) is 8.61. The van der Waals surface area contributed by atoms with Crippen LogP contribution in [0.2, 0.25) is 0 Å². The lowest BCUT2D eigenvalue weighted by Crippen LogP contribution is -2.10. The number of rotatable bonds is 7. The Balaban J connectivity index is 0.000000190. The van der Waals surface area contributed by atoms with Gasteiger partial charge in [-0.3, -0.25) is 0 Å². The summed E-state index contributed by atoms with van der Waals surface area (Å²) in [4.78, 5) is 2.35. The summed E-state index contributed by atoms with van der Waals surface area (Å²) in [7, 11) is 0. The monoisotopic (exact) mass is 892 g/mol. The second-order valence-electron chi connectivity index (χ2n) is 17.5. The largest absolute Gasteiger partial charge is 0.362 e. The first-order valence-corrected chi connectivity index (χ1v) is 23.7. The molecule has 0 heterocycles. The predicted molar refractivity (Wildman–Crippen MR) is 301 cm³/mol. The first-order valence-electron chi connectivity index (χ1n) is 23.7. The van der Waals surface area contributed by atoms with E-state index in [9.17, 15) is 0 Å². The molecular formula is C67H60N2. The normalized spacial score (nSPS) is 10.4. The van der Waals surface area contributed by atoms with Crippen molar-refractivity contribution in [2.75, 3.05) is 10.2 Å². The molecule has 0 aliphatic heterocycles. The van der Waals surface area contributed by atoms with Gasteiger partial charge < -0.3 is 10.2 Å². The van der Waals surface area contributed by atoms with Crippen molar-refractivity contribution in [3.05, 3.63) is 289 Å². The molecule has 0 bridgehead atoms. The Kier molecular flexibility index (Phi) is 15.6. The number of anilines is 4. The predicted octanol–water partition coefficient (Wildman–Crippen LogP) is 19.1. The highest BCUT2D eigenvalue weighted by Gasteiger charge is 2.15. The number of hydrogen-bond acceptors (Lipinski definition) is 2. The van der Waals surface area contributed by atoms with Gasteiger partial charge in [0.25, 0.3) is 0 Å². The third-order valence-electron chi connectivity index (χ3n) is 12.2. The van der Waals surface area contributed by atoms with Gasteiger partial charge in [0.05, 0.1) is 0 Å². The Morgan fingerprint density at radius 1 is 0.319 bits per heavy atom. The van der Waals surface area contributed by atoms with Gasteiger partial charge in [0.2, 0.25) is 0 Å². The molecule has 0 atom stereocenters. The Hall–Kier alpha value is -8.46. The van der Waals surface area contributed by atoms with E-state index in [0.717, 1.165) is 22.7 Å². The van der Waals surface area contributed by atoms with Crippen molar-refractivity contribution < 1.29 is 0 Å². The summed E-state index contributed by atoms with van der Waals surface area (Å²) < 4.78 is 0. The maximum absolute atomic E-state index is 3.54. The number of para-hydroxylation sites is 2. The molecule has 2 heteroatoms. The van der Waals surface area contributed by atoms with E-state index < -0.39 is 0 Å². The Labute approximate surface area is 409 Å². The van der Waals surface area contributed by atoms with Crippen LogP contribution in [0.3, 0.4) is 0 Å². The Morgan fingerprint density at radius 2 is 0.739 bits per heavy atom. The van der Waals surface area contributed by atoms with E-state index in [1.807, 2.05) is 48.5 Å². The average molecular weight is 893 g/mol. The minimum atomic E-state index is 1.08. The summed E-state index contributed by atoms with van der Waals surface area (Å²) in [5.74, 6) is 0. The summed E-state index contributed by atoms with van der Waals surface area (Å²) in [6, 6.07) is 88.1. The standard InChI is InChI=1S/C41H33N.C11H10.C8H9N.C7H8/c1-28-13-14-35-26-36(16-15-33(35)23-28)34-18-21-40(29(2)24-34)41-22-20-38(25-30(41)3)42(37-11-5-4-6-12-37)39-19-17-31-9-7-8-10-32(31)27-39;1-9-6-7-10-4-2-3-5-11(10)8-9;1-2-9-8-6-4-3-5-7-8;1-7-5-3-2-4-6-7/h4-27H,1-3H3;2-8H,1H3;2-7,9H,1H2;2-6H,1H3. The molecule has 0 amide bonds. The molecule has 0 spiro atoms. The van der Waals surface area contributed by atoms with Crippen molar-refractivity contribution in [3.8, 4) is 22.3 Å². The molecule has 0 fully saturated rings. The SMILES string of the molecule is C=CNc1ccccc1.Cc1ccc2cc(-c3ccc(-c4ccc(N(c5ccccc5)c5ccc6ccccc6c5)cc4C)c(C)c3)ccc2c1.Cc1ccc2ccccc2c1.Cc1ccccc1. The van der Waals surface area contributed by atoms with Crippen molar-refractivity contribution >= 4 is 55.1 Å². The zero-order valence-electron chi connectivity index (χ0n) is 40.4. The van der Waals surface area contributed by atoms with Gasteiger partial charge in [0.1, 0.15) is 0 Å². The van der Waals surface area contributed by atoms with Gasteiger partial charge in [-0.1, -0.05) is 217 Å². The molecule has 11 rings (SSSR count). The van der Waals surface area contributed by atoms with E-state index in [0.29, 0.717) is 0 Å². The number of nitrogens with zero attached hydrogens (tertiary/aromatic N) is 1. The molecule has 11 aromatic carbocycles. The van der Waals surface area contributed by atoms with Gasteiger partial charge in [0.15, 0.2) is 0 Å². The Morgan fingerprint density at radius 3 is 1.32 bits per heavy atom. The lowest BCUT2D eigenvalue weighted by atomic mass is 9.92. The van der Waals surface area contributed by atoms with E-state index >= 15 is 0 Å². The van der Waals surface area contributed by atoms with E-state index in [-0.39, 0.29) is 0 Å². The fourth-order valence-corrected chi connectivity index (χ4v) is 8.61. The number of aryl methyl sites for hydroxylation is 5. The lowest BCUT2D eigenvalue weighted by Gasteiger charge is -2.27. The zero-order valence-corrected chi connectivity index (χ0v) is 40.4. The summed E-state index contributed by atoms with van der Waals surface area (Å²) in [6.07, 6.45) is 1.66. The molecule has 2 nitrogen and oxygen atoms in total. The second-order valence-corrected chi connectivity index (χ2v) is 17.5. The van der Waals surface area contributed by atoms with Crippen LogP contribution in [0.15, 0.2) is 261 Å². The van der Waals surface area contributed by atoms with Gasteiger partial charge in [-0.2, -0.15) is 0 Å². The van der Waals surface area contributed by atoms with Crippen LogP contribution >= 0.6 is 0 Å². The van der Waals surface area contributed by atoms with Crippen molar-refractivity contribution in [3.63, 3.8) is 0 Å². The molecule has 0 saturated carbocycles. The van der Waals surface area contributed by atoms with Crippen LogP contribution in [0, 0.1) is 34.6 Å². The average Bonchev–Trinajstić information content (AvgIpc) is 3.38. The quantitative estimate of drug-likeness (QED) is 0.171. The lowest BCUT2D eigenvalue weighted by molar-refractivity contribution is 1.27. The van der Waals surface area contributed by atoms with Crippen molar-refractivity contribution in [1.29, 1.82) is 0 Å². The first-order chi connectivity index (χ1) is 33.7. The minimum absolute atomic E-state index is 1.08. The molecule has 338 valence electrons. The molecule has 0 aliphatic rings. The highest BCUT2D eigenvalue weighted by atomic mass is 15.1. The number of benzene rings is 11. The van der Waals surface area contributed by atoms with Gasteiger partial charge >= 0.3 is 0 Å². The van der Waals surface area contributed by atoms with Crippen LogP contribution in [0.25, 0.3) is 54.6 Å². The summed E-state index contributed by atoms with van der Waals surface area (Å²) in [6.45, 7) is 14.3. The molecule has 0 radical (unpaired) electrons. The highest BCUT2D eigenvalue weighted by Crippen LogP contribution is 2.39. The first kappa shape index (κ1) is 47.0. The molecule has 1 N–H and O–H groups in total. The second kappa shape index (κ2) is 22.8. The summed E-state index contributed by atoms with van der Waals surface area (Å²) in [5.41, 5.74) is 16.0. The van der Waals surface area contributed by atoms with Crippen LogP contribution in [0.5, 0.6) is 0 Å². The molecule has 0 unspecified atom stereocenters. The van der Waals surface area contributed by atoms with Gasteiger partial charge in [-0.15, -0.1) is 0 Å². The van der Waals surface area contributed by atoms with Gasteiger partial charge in [-0.25, -0.2) is 0 Å². The van der Waals surface area contributed by atoms with E-state index in [4.69, 9.17) is 0 Å². The Bertz CT molecular complexity index is 3430. The van der Waals surface area contributed by atoms with Crippen LogP contribution in [0.1, 0.15) is 27.8 Å². The molecule has 0 saturated heterocycles. The number of nitrogens with one attached hydrogen (secondary N) is 1. The van der Waals surface area contributed by atoms with Crippen molar-refractivity contribution in [2.45, 2.75) is 34.6 Å². The van der Waals surface area contributed by atoms with E-state index in [1.165, 1.54) is 82.4 Å². The van der Waals surface area contributed by atoms with Crippen LogP contribution in [-0.4, -0.2) is 0 Å². The number of hydrogen-bond donors (Lipinski definition) is 1. The summed E-state index contributed by atoms with van der Waals surface area (Å²) in [5, 5.41) is 10.7. The molecule has 69 heavy (non-hydrogen) atoms. The van der Waals surface area contributed by atoms with Crippen LogP contribution in [-0.2, 0) is 0 Å². The minimum Gasteiger partial charge on any atom is -0.362 e. The number of fused-ring (bicyclic) bond motifs is 3. The van der Waals surface area contributed by atoms with E-state index in [2.05, 4.69) is 252 Å². The third-order valence-corrected chi connectivity index (χ3v) is 12.2. The molecular weight excluding hydrogens is 833 g/mol. The third kappa shape index (κ3) is 12.3. The zero-order chi connectivity index (χ0) is 48.0. The molecule has 11 aromatic rings. The van der Waals surface area contributed by atoms with Crippen LogP contribution in [0.4, 0.5) is 22.7 Å². The smallest absolute Gasteiger partial charge is 0.0468 e.